The average molecular weight is 411 g/mol. The molecule has 1 aliphatic heterocycles. The second-order valence-electron chi connectivity index (χ2n) is 6.02. The summed E-state index contributed by atoms with van der Waals surface area (Å²) in [6.45, 7) is -0.522. The van der Waals surface area contributed by atoms with Gasteiger partial charge in [0.2, 0.25) is 10.0 Å². The Morgan fingerprint density at radius 3 is 2.11 bits per heavy atom. The number of nitrogens with zero attached hydrogens (tertiary/aromatic N) is 3. The number of para-hydroxylation sites is 1. The predicted molar refractivity (Wildman–Crippen MR) is 94.1 cm³/mol. The number of sulfonamides is 1. The van der Waals surface area contributed by atoms with Gasteiger partial charge in [-0.15, -0.1) is 0 Å². The van der Waals surface area contributed by atoms with E-state index in [2.05, 4.69) is 0 Å². The monoisotopic (exact) mass is 411 g/mol. The van der Waals surface area contributed by atoms with Crippen LogP contribution in [0.3, 0.4) is 0 Å². The van der Waals surface area contributed by atoms with Crippen molar-refractivity contribution in [2.75, 3.05) is 26.2 Å². The lowest BCUT2D eigenvalue weighted by Crippen LogP contribution is -2.50. The van der Waals surface area contributed by atoms with Crippen LogP contribution in [0, 0.1) is 21.7 Å². The van der Waals surface area contributed by atoms with Crippen LogP contribution in [-0.4, -0.2) is 54.6 Å². The highest BCUT2D eigenvalue weighted by molar-refractivity contribution is 7.89. The van der Waals surface area contributed by atoms with E-state index in [0.717, 1.165) is 39.5 Å². The van der Waals surface area contributed by atoms with Crippen LogP contribution in [0.2, 0.25) is 0 Å². The number of carbonyl (C=O) groups excluding carboxylic acids is 1. The van der Waals surface area contributed by atoms with Crippen LogP contribution in [0.5, 0.6) is 0 Å². The summed E-state index contributed by atoms with van der Waals surface area (Å²) in [5.74, 6) is -2.88. The third kappa shape index (κ3) is 3.58. The van der Waals surface area contributed by atoms with Crippen LogP contribution in [-0.2, 0) is 10.0 Å². The van der Waals surface area contributed by atoms with E-state index >= 15 is 0 Å². The molecule has 0 aliphatic carbocycles. The summed E-state index contributed by atoms with van der Waals surface area (Å²) in [5, 5.41) is 11.1. The number of piperazine rings is 1. The van der Waals surface area contributed by atoms with Crippen molar-refractivity contribution in [1.82, 2.24) is 9.21 Å². The first-order chi connectivity index (χ1) is 13.2. The highest BCUT2D eigenvalue weighted by Crippen LogP contribution is 2.27. The first-order valence-electron chi connectivity index (χ1n) is 8.20. The van der Waals surface area contributed by atoms with Gasteiger partial charge in [0.1, 0.15) is 17.2 Å². The Kier molecular flexibility index (Phi) is 5.38. The predicted octanol–water partition coefficient (Wildman–Crippen LogP) is 2.02. The van der Waals surface area contributed by atoms with Crippen molar-refractivity contribution in [3.63, 3.8) is 0 Å². The number of carbonyl (C=O) groups is 1. The number of halogens is 2. The fourth-order valence-electron chi connectivity index (χ4n) is 2.96. The number of nitro groups is 1. The Morgan fingerprint density at radius 1 is 0.964 bits per heavy atom. The van der Waals surface area contributed by atoms with Crippen LogP contribution < -0.4 is 0 Å². The van der Waals surface area contributed by atoms with E-state index in [0.29, 0.717) is 0 Å². The molecule has 0 atom stereocenters. The maximum absolute atomic E-state index is 13.8. The van der Waals surface area contributed by atoms with Crippen molar-refractivity contribution in [3.05, 3.63) is 69.8 Å². The Morgan fingerprint density at radius 2 is 1.54 bits per heavy atom. The Labute approximate surface area is 159 Å². The summed E-state index contributed by atoms with van der Waals surface area (Å²) in [6.07, 6.45) is 0. The molecule has 1 fully saturated rings. The van der Waals surface area contributed by atoms with E-state index in [9.17, 15) is 32.1 Å². The fourth-order valence-corrected chi connectivity index (χ4v) is 4.54. The standard InChI is InChI=1S/C17H15F2N3O5S/c18-12-4-3-5-13(19)16(12)17(23)20-8-10-21(11-9-20)28(26,27)15-7-2-1-6-14(15)22(24)25/h1-7H,8-11H2. The molecule has 0 spiro atoms. The van der Waals surface area contributed by atoms with Gasteiger partial charge in [-0.25, -0.2) is 17.2 Å². The maximum atomic E-state index is 13.8. The molecule has 3 rings (SSSR count). The smallest absolute Gasteiger partial charge is 0.289 e. The summed E-state index contributed by atoms with van der Waals surface area (Å²) in [7, 11) is -4.16. The molecule has 0 saturated carbocycles. The van der Waals surface area contributed by atoms with Crippen molar-refractivity contribution in [3.8, 4) is 0 Å². The summed E-state index contributed by atoms with van der Waals surface area (Å²) in [6, 6.07) is 8.03. The zero-order valence-electron chi connectivity index (χ0n) is 14.4. The molecule has 148 valence electrons. The molecule has 0 aromatic heterocycles. The van der Waals surface area contributed by atoms with Gasteiger partial charge in [-0.05, 0) is 18.2 Å². The molecular weight excluding hydrogens is 396 g/mol. The van der Waals surface area contributed by atoms with Crippen LogP contribution in [0.1, 0.15) is 10.4 Å². The van der Waals surface area contributed by atoms with E-state index in [1.165, 1.54) is 12.1 Å². The molecule has 28 heavy (non-hydrogen) atoms. The molecule has 1 amide bonds. The topological polar surface area (TPSA) is 101 Å². The van der Waals surface area contributed by atoms with Gasteiger partial charge >= 0.3 is 0 Å². The molecule has 1 saturated heterocycles. The molecule has 0 bridgehead atoms. The van der Waals surface area contributed by atoms with Crippen molar-refractivity contribution >= 4 is 21.6 Å². The number of hydrogen-bond acceptors (Lipinski definition) is 5. The third-order valence-corrected chi connectivity index (χ3v) is 6.33. The number of amides is 1. The van der Waals surface area contributed by atoms with E-state index < -0.39 is 48.6 Å². The first-order valence-corrected chi connectivity index (χ1v) is 9.64. The highest BCUT2D eigenvalue weighted by atomic mass is 32.2. The second kappa shape index (κ2) is 7.60. The minimum absolute atomic E-state index is 0.105. The summed E-state index contributed by atoms with van der Waals surface area (Å²) in [4.78, 5) is 23.4. The minimum atomic E-state index is -4.16. The van der Waals surface area contributed by atoms with E-state index in [1.807, 2.05) is 0 Å². The van der Waals surface area contributed by atoms with Crippen molar-refractivity contribution < 1.29 is 26.9 Å². The Balaban J connectivity index is 1.79. The first kappa shape index (κ1) is 19.8. The minimum Gasteiger partial charge on any atom is -0.336 e. The van der Waals surface area contributed by atoms with Gasteiger partial charge in [-0.2, -0.15) is 4.31 Å². The van der Waals surface area contributed by atoms with Crippen LogP contribution >= 0.6 is 0 Å². The highest BCUT2D eigenvalue weighted by Gasteiger charge is 2.35. The third-order valence-electron chi connectivity index (χ3n) is 4.38. The van der Waals surface area contributed by atoms with E-state index in [1.54, 1.807) is 0 Å². The fraction of sp³-hybridized carbons (Fsp3) is 0.235. The molecule has 2 aromatic carbocycles. The lowest BCUT2D eigenvalue weighted by molar-refractivity contribution is -0.387. The average Bonchev–Trinajstić information content (AvgIpc) is 2.67. The Bertz CT molecular complexity index is 1020. The molecule has 11 heteroatoms. The number of rotatable bonds is 4. The van der Waals surface area contributed by atoms with Gasteiger partial charge in [0.25, 0.3) is 11.6 Å². The van der Waals surface area contributed by atoms with Crippen LogP contribution in [0.4, 0.5) is 14.5 Å². The molecule has 1 heterocycles. The molecular formula is C17H15F2N3O5S. The number of benzene rings is 2. The lowest BCUT2D eigenvalue weighted by Gasteiger charge is -2.34. The number of nitro benzene ring substituents is 1. The second-order valence-corrected chi connectivity index (χ2v) is 7.92. The Hall–Kier alpha value is -2.92. The zero-order valence-corrected chi connectivity index (χ0v) is 15.2. The van der Waals surface area contributed by atoms with E-state index in [4.69, 9.17) is 0 Å². The molecule has 2 aromatic rings. The van der Waals surface area contributed by atoms with Crippen molar-refractivity contribution in [2.24, 2.45) is 0 Å². The molecule has 0 unspecified atom stereocenters. The van der Waals surface area contributed by atoms with Gasteiger partial charge in [0, 0.05) is 32.2 Å². The summed E-state index contributed by atoms with van der Waals surface area (Å²) in [5.41, 5.74) is -1.24. The van der Waals surface area contributed by atoms with Crippen LogP contribution in [0.15, 0.2) is 47.4 Å². The normalized spacial score (nSPS) is 15.4. The quantitative estimate of drug-likeness (QED) is 0.566. The van der Waals surface area contributed by atoms with Gasteiger partial charge in [0.05, 0.1) is 4.92 Å². The lowest BCUT2D eigenvalue weighted by atomic mass is 10.1. The SMILES string of the molecule is O=C(c1c(F)cccc1F)N1CCN(S(=O)(=O)c2ccccc2[N+](=O)[O-])CC1. The number of hydrogen-bond donors (Lipinski definition) is 0. The van der Waals surface area contributed by atoms with Gasteiger partial charge < -0.3 is 4.90 Å². The summed E-state index contributed by atoms with van der Waals surface area (Å²) >= 11 is 0. The van der Waals surface area contributed by atoms with Gasteiger partial charge in [-0.3, -0.25) is 14.9 Å². The van der Waals surface area contributed by atoms with Gasteiger partial charge in [-0.1, -0.05) is 18.2 Å². The van der Waals surface area contributed by atoms with Gasteiger partial charge in [0.15, 0.2) is 4.90 Å². The molecule has 8 nitrogen and oxygen atoms in total. The van der Waals surface area contributed by atoms with Crippen LogP contribution in [0.25, 0.3) is 0 Å². The molecule has 1 aliphatic rings. The molecule has 0 radical (unpaired) electrons. The largest absolute Gasteiger partial charge is 0.336 e. The summed E-state index contributed by atoms with van der Waals surface area (Å²) < 4.78 is 54.2. The van der Waals surface area contributed by atoms with Crippen molar-refractivity contribution in [2.45, 2.75) is 4.90 Å². The zero-order chi connectivity index (χ0) is 20.5. The maximum Gasteiger partial charge on any atom is 0.289 e. The van der Waals surface area contributed by atoms with Crippen molar-refractivity contribution in [1.29, 1.82) is 0 Å². The molecule has 0 N–H and O–H groups in total. The van der Waals surface area contributed by atoms with E-state index in [-0.39, 0.29) is 26.2 Å².